The molecule has 0 atom stereocenters. The minimum Gasteiger partial charge on any atom is -0.463 e. The Kier molecular flexibility index (Phi) is 6.04. The van der Waals surface area contributed by atoms with Gasteiger partial charge in [0.25, 0.3) is 5.56 Å². The van der Waals surface area contributed by atoms with E-state index in [1.807, 2.05) is 38.1 Å². The van der Waals surface area contributed by atoms with Crippen molar-refractivity contribution in [1.29, 1.82) is 0 Å². The highest BCUT2D eigenvalue weighted by Crippen LogP contribution is 2.23. The highest BCUT2D eigenvalue weighted by molar-refractivity contribution is 7.98. The number of carbonyl (C=O) groups is 1. The molecule has 0 unspecified atom stereocenters. The number of aromatic nitrogens is 2. The lowest BCUT2D eigenvalue weighted by molar-refractivity contribution is 0.0563. The van der Waals surface area contributed by atoms with E-state index in [0.29, 0.717) is 28.7 Å². The number of methoxy groups -OCH3 is 1. The second-order valence-corrected chi connectivity index (χ2v) is 7.41. The number of nitrogens with zero attached hydrogens (tertiary/aromatic N) is 2. The standard InChI is InChI=1S/C21H22N2O4S/c1-13-7-5-6-8-15(13)11-17-14(2)22-21(23(3)19(17)24)28-12-16-9-10-18(27-16)20(25)26-4/h5-10H,11-12H2,1-4H3. The molecule has 0 aliphatic heterocycles. The van der Waals surface area contributed by atoms with Crippen molar-refractivity contribution in [2.75, 3.05) is 7.11 Å². The molecule has 146 valence electrons. The number of hydrogen-bond donors (Lipinski definition) is 0. The first-order valence-electron chi connectivity index (χ1n) is 8.81. The average molecular weight is 398 g/mol. The third kappa shape index (κ3) is 4.20. The van der Waals surface area contributed by atoms with Crippen LogP contribution in [0.1, 0.15) is 38.7 Å². The highest BCUT2D eigenvalue weighted by atomic mass is 32.2. The number of furan rings is 1. The molecule has 0 N–H and O–H groups in total. The number of ether oxygens (including phenoxy) is 1. The maximum atomic E-state index is 12.9. The van der Waals surface area contributed by atoms with Gasteiger partial charge in [0.2, 0.25) is 5.76 Å². The van der Waals surface area contributed by atoms with Gasteiger partial charge in [0, 0.05) is 24.7 Å². The van der Waals surface area contributed by atoms with Crippen LogP contribution in [0.5, 0.6) is 0 Å². The number of esters is 1. The Bertz CT molecular complexity index is 1070. The Hall–Kier alpha value is -2.80. The lowest BCUT2D eigenvalue weighted by atomic mass is 10.0. The van der Waals surface area contributed by atoms with Crippen LogP contribution in [0.2, 0.25) is 0 Å². The molecule has 28 heavy (non-hydrogen) atoms. The molecule has 2 aromatic heterocycles. The third-order valence-corrected chi connectivity index (χ3v) is 5.62. The predicted molar refractivity (Wildman–Crippen MR) is 108 cm³/mol. The molecule has 0 saturated heterocycles. The summed E-state index contributed by atoms with van der Waals surface area (Å²) in [7, 11) is 3.03. The lowest BCUT2D eigenvalue weighted by Crippen LogP contribution is -2.25. The zero-order chi connectivity index (χ0) is 20.3. The lowest BCUT2D eigenvalue weighted by Gasteiger charge is -2.12. The number of hydrogen-bond acceptors (Lipinski definition) is 6. The Balaban J connectivity index is 1.80. The third-order valence-electron chi connectivity index (χ3n) is 4.57. The summed E-state index contributed by atoms with van der Waals surface area (Å²) in [5.41, 5.74) is 3.65. The normalized spacial score (nSPS) is 10.9. The Morgan fingerprint density at radius 2 is 1.96 bits per heavy atom. The van der Waals surface area contributed by atoms with Crippen LogP contribution in [-0.4, -0.2) is 22.6 Å². The van der Waals surface area contributed by atoms with Crippen LogP contribution in [0, 0.1) is 13.8 Å². The second-order valence-electron chi connectivity index (χ2n) is 6.47. The van der Waals surface area contributed by atoms with Crippen LogP contribution in [0.4, 0.5) is 0 Å². The summed E-state index contributed by atoms with van der Waals surface area (Å²) in [5, 5.41) is 0.604. The number of aryl methyl sites for hydroxylation is 2. The van der Waals surface area contributed by atoms with Crippen molar-refractivity contribution in [3.63, 3.8) is 0 Å². The van der Waals surface area contributed by atoms with Crippen molar-refractivity contribution in [1.82, 2.24) is 9.55 Å². The number of benzene rings is 1. The van der Waals surface area contributed by atoms with E-state index in [1.165, 1.54) is 18.9 Å². The monoisotopic (exact) mass is 398 g/mol. The van der Waals surface area contributed by atoms with Crippen LogP contribution < -0.4 is 5.56 Å². The molecule has 0 aliphatic rings. The van der Waals surface area contributed by atoms with Crippen LogP contribution in [0.25, 0.3) is 0 Å². The van der Waals surface area contributed by atoms with Gasteiger partial charge in [0.15, 0.2) is 5.16 Å². The summed E-state index contributed by atoms with van der Waals surface area (Å²) in [5.74, 6) is 0.706. The molecule has 6 nitrogen and oxygen atoms in total. The first kappa shape index (κ1) is 19.9. The van der Waals surface area contributed by atoms with E-state index in [4.69, 9.17) is 4.42 Å². The predicted octanol–water partition coefficient (Wildman–Crippen LogP) is 3.66. The summed E-state index contributed by atoms with van der Waals surface area (Å²) in [6, 6.07) is 11.3. The fourth-order valence-electron chi connectivity index (χ4n) is 2.86. The molecule has 0 fully saturated rings. The van der Waals surface area contributed by atoms with Crippen molar-refractivity contribution in [2.24, 2.45) is 7.05 Å². The molecule has 3 rings (SSSR count). The van der Waals surface area contributed by atoms with Gasteiger partial charge in [-0.25, -0.2) is 9.78 Å². The SMILES string of the molecule is COC(=O)c1ccc(CSc2nc(C)c(Cc3ccccc3C)c(=O)n2C)o1. The summed E-state index contributed by atoms with van der Waals surface area (Å²) in [6.45, 7) is 3.90. The van der Waals surface area contributed by atoms with Crippen molar-refractivity contribution in [3.8, 4) is 0 Å². The van der Waals surface area contributed by atoms with E-state index in [-0.39, 0.29) is 11.3 Å². The molecule has 1 aromatic carbocycles. The van der Waals surface area contributed by atoms with Crippen molar-refractivity contribution in [2.45, 2.75) is 31.2 Å². The molecule has 0 spiro atoms. The van der Waals surface area contributed by atoms with Gasteiger partial charge < -0.3 is 9.15 Å². The maximum absolute atomic E-state index is 12.9. The molecule has 7 heteroatoms. The fourth-order valence-corrected chi connectivity index (χ4v) is 3.77. The van der Waals surface area contributed by atoms with E-state index in [0.717, 1.165) is 16.8 Å². The minimum atomic E-state index is -0.516. The molecule has 0 bridgehead atoms. The van der Waals surface area contributed by atoms with E-state index in [9.17, 15) is 9.59 Å². The van der Waals surface area contributed by atoms with Crippen LogP contribution >= 0.6 is 11.8 Å². The van der Waals surface area contributed by atoms with Crippen molar-refractivity contribution in [3.05, 3.63) is 80.7 Å². The van der Waals surface area contributed by atoms with E-state index < -0.39 is 5.97 Å². The molecule has 0 aliphatic carbocycles. The number of thioether (sulfide) groups is 1. The van der Waals surface area contributed by atoms with Gasteiger partial charge in [-0.15, -0.1) is 0 Å². The molecule has 3 aromatic rings. The van der Waals surface area contributed by atoms with Gasteiger partial charge in [-0.05, 0) is 37.1 Å². The van der Waals surface area contributed by atoms with Gasteiger partial charge in [-0.2, -0.15) is 0 Å². The number of rotatable bonds is 6. The van der Waals surface area contributed by atoms with Gasteiger partial charge in [-0.3, -0.25) is 9.36 Å². The van der Waals surface area contributed by atoms with Gasteiger partial charge in [0.05, 0.1) is 12.9 Å². The summed E-state index contributed by atoms with van der Waals surface area (Å²) in [6.07, 6.45) is 0.559. The van der Waals surface area contributed by atoms with Crippen LogP contribution in [0.15, 0.2) is 50.8 Å². The molecular weight excluding hydrogens is 376 g/mol. The van der Waals surface area contributed by atoms with Gasteiger partial charge >= 0.3 is 5.97 Å². The Labute approximate surface area is 167 Å². The van der Waals surface area contributed by atoms with Crippen molar-refractivity contribution < 1.29 is 13.9 Å². The molecule has 0 radical (unpaired) electrons. The first-order chi connectivity index (χ1) is 13.4. The topological polar surface area (TPSA) is 74.3 Å². The van der Waals surface area contributed by atoms with Gasteiger partial charge in [-0.1, -0.05) is 36.0 Å². The zero-order valence-electron chi connectivity index (χ0n) is 16.3. The summed E-state index contributed by atoms with van der Waals surface area (Å²) >= 11 is 1.39. The zero-order valence-corrected chi connectivity index (χ0v) is 17.1. The Morgan fingerprint density at radius 1 is 1.21 bits per heavy atom. The summed E-state index contributed by atoms with van der Waals surface area (Å²) in [4.78, 5) is 29.0. The minimum absolute atomic E-state index is 0.0482. The molecule has 0 saturated carbocycles. The average Bonchev–Trinajstić information content (AvgIpc) is 3.16. The van der Waals surface area contributed by atoms with Crippen LogP contribution in [0.3, 0.4) is 0 Å². The van der Waals surface area contributed by atoms with Gasteiger partial charge in [0.1, 0.15) is 5.76 Å². The second kappa shape index (κ2) is 8.48. The first-order valence-corrected chi connectivity index (χ1v) is 9.80. The van der Waals surface area contributed by atoms with E-state index >= 15 is 0 Å². The highest BCUT2D eigenvalue weighted by Gasteiger charge is 2.15. The maximum Gasteiger partial charge on any atom is 0.373 e. The Morgan fingerprint density at radius 3 is 2.68 bits per heavy atom. The molecule has 2 heterocycles. The largest absolute Gasteiger partial charge is 0.463 e. The van der Waals surface area contributed by atoms with E-state index in [1.54, 1.807) is 23.7 Å². The van der Waals surface area contributed by atoms with E-state index in [2.05, 4.69) is 9.72 Å². The smallest absolute Gasteiger partial charge is 0.373 e. The van der Waals surface area contributed by atoms with Crippen molar-refractivity contribution >= 4 is 17.7 Å². The molecule has 0 amide bonds. The fraction of sp³-hybridized carbons (Fsp3) is 0.286. The van der Waals surface area contributed by atoms with Crippen LogP contribution in [-0.2, 0) is 24.0 Å². The quantitative estimate of drug-likeness (QED) is 0.358. The summed E-state index contributed by atoms with van der Waals surface area (Å²) < 4.78 is 11.7. The number of carbonyl (C=O) groups excluding carboxylic acids is 1. The molecular formula is C21H22N2O4S.